The molecule has 2 N–H and O–H groups in total. The van der Waals surface area contributed by atoms with Crippen LogP contribution in [0.15, 0.2) is 36.5 Å². The zero-order valence-electron chi connectivity index (χ0n) is 12.6. The second-order valence-electron chi connectivity index (χ2n) is 2.89. The van der Waals surface area contributed by atoms with Gasteiger partial charge in [0.2, 0.25) is 0 Å². The summed E-state index contributed by atoms with van der Waals surface area (Å²) in [4.78, 5) is 11.0. The molecule has 0 amide bonds. The molecule has 0 unspecified atom stereocenters. The molecule has 0 aliphatic rings. The van der Waals surface area contributed by atoms with Gasteiger partial charge >= 0.3 is 5.97 Å². The number of allylic oxidation sites excluding steroid dienone is 2. The van der Waals surface area contributed by atoms with E-state index in [0.717, 1.165) is 0 Å². The van der Waals surface area contributed by atoms with Crippen LogP contribution in [-0.2, 0) is 9.53 Å². The van der Waals surface area contributed by atoms with Crippen LogP contribution in [-0.4, -0.2) is 24.2 Å². The molecule has 0 saturated carbocycles. The Labute approximate surface area is 122 Å². The third-order valence-corrected chi connectivity index (χ3v) is 1.61. The van der Waals surface area contributed by atoms with Gasteiger partial charge in [-0.15, -0.1) is 0 Å². The minimum absolute atomic E-state index is 0.389. The molecule has 0 heterocycles. The molecule has 19 heavy (non-hydrogen) atoms. The molecule has 0 bridgehead atoms. The summed E-state index contributed by atoms with van der Waals surface area (Å²) in [5.74, 6) is -0.422. The summed E-state index contributed by atoms with van der Waals surface area (Å²) < 4.78 is 15.4. The highest BCUT2D eigenvalue weighted by molar-refractivity contribution is 7.91. The minimum atomic E-state index is -0.422. The summed E-state index contributed by atoms with van der Waals surface area (Å²) in [6.45, 7) is 12.2. The molecule has 0 saturated heterocycles. The molecule has 0 aliphatic heterocycles. The first kappa shape index (κ1) is 23.1. The van der Waals surface area contributed by atoms with Gasteiger partial charge in [-0.3, -0.25) is 0 Å². The molecule has 0 spiro atoms. The van der Waals surface area contributed by atoms with Gasteiger partial charge in [-0.25, -0.2) is 9.52 Å². The Balaban J connectivity index is -0.000000445. The van der Waals surface area contributed by atoms with Gasteiger partial charge in [-0.2, -0.15) is 0 Å². The van der Waals surface area contributed by atoms with Gasteiger partial charge < -0.3 is 9.29 Å². The molecule has 0 aliphatic carbocycles. The van der Waals surface area contributed by atoms with E-state index in [4.69, 9.17) is 4.55 Å². The molecular weight excluding hydrogens is 262 g/mol. The van der Waals surface area contributed by atoms with Gasteiger partial charge in [0.15, 0.2) is 0 Å². The molecular formula is C14H27NO3S. The molecule has 0 rings (SSSR count). The number of hydrogen-bond donors (Lipinski definition) is 2. The van der Waals surface area contributed by atoms with Gasteiger partial charge in [0.05, 0.1) is 24.9 Å². The number of hydrogen-bond acceptors (Lipinski definition) is 5. The molecule has 5 heteroatoms. The normalized spacial score (nSPS) is 9.89. The van der Waals surface area contributed by atoms with Gasteiger partial charge in [-0.1, -0.05) is 58.9 Å². The topological polar surface area (TPSA) is 58.6 Å². The molecule has 0 aromatic carbocycles. The van der Waals surface area contributed by atoms with Gasteiger partial charge in [0.25, 0.3) is 0 Å². The first-order valence-corrected chi connectivity index (χ1v) is 7.05. The maximum atomic E-state index is 11.0. The molecule has 112 valence electrons. The summed E-state index contributed by atoms with van der Waals surface area (Å²) in [6, 6.07) is 0. The van der Waals surface area contributed by atoms with Crippen molar-refractivity contribution >= 4 is 18.2 Å². The first-order chi connectivity index (χ1) is 9.17. The number of rotatable bonds is 6. The van der Waals surface area contributed by atoms with Crippen LogP contribution in [0.3, 0.4) is 0 Å². The first-order valence-electron chi connectivity index (χ1n) is 6.28. The fourth-order valence-electron chi connectivity index (χ4n) is 0.662. The quantitative estimate of drug-likeness (QED) is 0.193. The van der Waals surface area contributed by atoms with E-state index in [1.165, 1.54) is 19.6 Å². The van der Waals surface area contributed by atoms with Crippen molar-refractivity contribution in [2.75, 3.05) is 13.7 Å². The third kappa shape index (κ3) is 19.5. The highest BCUT2D eigenvalue weighted by atomic mass is 32.2. The van der Waals surface area contributed by atoms with E-state index in [9.17, 15) is 4.79 Å². The number of nitrogens with one attached hydrogen (secondary N) is 1. The van der Waals surface area contributed by atoms with E-state index < -0.39 is 5.97 Å². The fraction of sp³-hybridized carbons (Fsp3) is 0.500. The second-order valence-corrected chi connectivity index (χ2v) is 3.36. The molecule has 0 fully saturated rings. The van der Waals surface area contributed by atoms with Crippen molar-refractivity contribution < 1.29 is 14.1 Å². The van der Waals surface area contributed by atoms with Crippen LogP contribution in [0.1, 0.15) is 34.1 Å². The number of carbonyl (C=O) groups excluding carboxylic acids is 1. The van der Waals surface area contributed by atoms with E-state index in [-0.39, 0.29) is 0 Å². The zero-order valence-corrected chi connectivity index (χ0v) is 13.4. The van der Waals surface area contributed by atoms with Gasteiger partial charge in [0.1, 0.15) is 0 Å². The smallest absolute Gasteiger partial charge is 0.337 e. The third-order valence-electron chi connectivity index (χ3n) is 1.32. The maximum absolute atomic E-state index is 11.0. The van der Waals surface area contributed by atoms with Crippen LogP contribution in [0.25, 0.3) is 0 Å². The fourth-order valence-corrected chi connectivity index (χ4v) is 0.833. The monoisotopic (exact) mass is 289 g/mol. The summed E-state index contributed by atoms with van der Waals surface area (Å²) >= 11 is 0.543. The Morgan fingerprint density at radius 3 is 2.32 bits per heavy atom. The van der Waals surface area contributed by atoms with E-state index in [1.54, 1.807) is 18.2 Å². The zero-order chi connectivity index (χ0) is 15.5. The van der Waals surface area contributed by atoms with Crippen LogP contribution in [0.5, 0.6) is 0 Å². The number of ether oxygens (including phenoxy) is 1. The van der Waals surface area contributed by atoms with Crippen molar-refractivity contribution in [1.82, 2.24) is 4.72 Å². The van der Waals surface area contributed by atoms with Crippen LogP contribution in [0.4, 0.5) is 0 Å². The highest BCUT2D eigenvalue weighted by Gasteiger charge is 2.01. The molecule has 4 nitrogen and oxygen atoms in total. The minimum Gasteiger partial charge on any atom is -0.465 e. The van der Waals surface area contributed by atoms with Gasteiger partial charge in [-0.05, 0) is 6.08 Å². The largest absolute Gasteiger partial charge is 0.465 e. The van der Waals surface area contributed by atoms with Crippen molar-refractivity contribution in [2.24, 2.45) is 0 Å². The Bertz CT molecular complexity index is 263. The predicted octanol–water partition coefficient (Wildman–Crippen LogP) is 3.98. The average Bonchev–Trinajstić information content (AvgIpc) is 2.45. The average molecular weight is 289 g/mol. The van der Waals surface area contributed by atoms with Crippen molar-refractivity contribution in [3.8, 4) is 0 Å². The second kappa shape index (κ2) is 22.2. The number of esters is 1. The standard InChI is InChI=1S/C9H13NO3S.C3H8.C2H6/c1-3-8(9(11)13-2)6-4-5-7-10-14-12;1-3-2;1-2/h3-6,10,12H,1,7H2,2H3;3H2,1-2H3;1-2H3/b5-4+,8-6+;;. The maximum Gasteiger partial charge on any atom is 0.337 e. The van der Waals surface area contributed by atoms with E-state index >= 15 is 0 Å². The lowest BCUT2D eigenvalue weighted by molar-refractivity contribution is -0.135. The molecule has 0 atom stereocenters. The van der Waals surface area contributed by atoms with Crippen molar-refractivity contribution in [1.29, 1.82) is 0 Å². The Morgan fingerprint density at radius 1 is 1.42 bits per heavy atom. The van der Waals surface area contributed by atoms with Crippen LogP contribution < -0.4 is 4.72 Å². The van der Waals surface area contributed by atoms with Crippen molar-refractivity contribution in [3.05, 3.63) is 36.5 Å². The molecule has 0 radical (unpaired) electrons. The van der Waals surface area contributed by atoms with E-state index in [0.29, 0.717) is 24.3 Å². The highest BCUT2D eigenvalue weighted by Crippen LogP contribution is 1.98. The summed E-state index contributed by atoms with van der Waals surface area (Å²) in [6.07, 6.45) is 7.68. The Morgan fingerprint density at radius 2 is 1.95 bits per heavy atom. The number of methoxy groups -OCH3 is 1. The summed E-state index contributed by atoms with van der Waals surface area (Å²) in [5, 5.41) is 0. The number of carbonyl (C=O) groups is 1. The van der Waals surface area contributed by atoms with Crippen LogP contribution in [0, 0.1) is 0 Å². The van der Waals surface area contributed by atoms with Crippen molar-refractivity contribution in [3.63, 3.8) is 0 Å². The summed E-state index contributed by atoms with van der Waals surface area (Å²) in [5.41, 5.74) is 0.389. The lowest BCUT2D eigenvalue weighted by atomic mass is 10.2. The Hall–Kier alpha value is -1.04. The van der Waals surface area contributed by atoms with E-state index in [1.807, 2.05) is 13.8 Å². The van der Waals surface area contributed by atoms with Gasteiger partial charge in [0, 0.05) is 6.54 Å². The van der Waals surface area contributed by atoms with Crippen molar-refractivity contribution in [2.45, 2.75) is 34.1 Å². The summed E-state index contributed by atoms with van der Waals surface area (Å²) in [7, 11) is 1.31. The molecule has 0 aromatic heterocycles. The van der Waals surface area contributed by atoms with Crippen LogP contribution >= 0.6 is 12.2 Å². The molecule has 0 aromatic rings. The lowest BCUT2D eigenvalue weighted by Crippen LogP contribution is -2.02. The lowest BCUT2D eigenvalue weighted by Gasteiger charge is -1.96. The van der Waals surface area contributed by atoms with E-state index in [2.05, 4.69) is 29.9 Å². The van der Waals surface area contributed by atoms with Crippen LogP contribution in [0.2, 0.25) is 0 Å². The Kier molecular flexibility index (Phi) is 26.9. The predicted molar refractivity (Wildman–Crippen MR) is 85.0 cm³/mol. The SMILES string of the molecule is C=C/C(=C\C=C\CNSO)C(=O)OC.CC.CCC.